The van der Waals surface area contributed by atoms with Crippen LogP contribution in [0.5, 0.6) is 5.75 Å². The summed E-state index contributed by atoms with van der Waals surface area (Å²) in [5, 5.41) is 3.91. The molecule has 6 heteroatoms. The van der Waals surface area contributed by atoms with E-state index in [-0.39, 0.29) is 11.6 Å². The van der Waals surface area contributed by atoms with Crippen molar-refractivity contribution in [1.82, 2.24) is 5.32 Å². The van der Waals surface area contributed by atoms with Crippen molar-refractivity contribution in [2.45, 2.75) is 71.0 Å². The number of nitrogens with zero attached hydrogens (tertiary/aromatic N) is 2. The van der Waals surface area contributed by atoms with Crippen molar-refractivity contribution in [2.24, 2.45) is 9.98 Å². The molecule has 1 saturated carbocycles. The number of aryl methyl sites for hydroxylation is 1. The Morgan fingerprint density at radius 2 is 1.76 bits per heavy atom. The molecule has 0 bridgehead atoms. The minimum absolute atomic E-state index is 0.0110. The number of unbranched alkanes of at least 4 members (excludes halogenated alkanes) is 1. The predicted molar refractivity (Wildman–Crippen MR) is 142 cm³/mol. The molecule has 0 radical (unpaired) electrons. The van der Waals surface area contributed by atoms with Crippen molar-refractivity contribution in [2.75, 3.05) is 12.4 Å². The first-order chi connectivity index (χ1) is 16.6. The van der Waals surface area contributed by atoms with Crippen LogP contribution in [0.4, 0.5) is 0 Å². The normalized spacial score (nSPS) is 16.8. The van der Waals surface area contributed by atoms with Crippen LogP contribution in [0.3, 0.4) is 0 Å². The zero-order chi connectivity index (χ0) is 23.8. The minimum atomic E-state index is -0.343. The predicted octanol–water partition coefficient (Wildman–Crippen LogP) is 6.09. The van der Waals surface area contributed by atoms with E-state index in [9.17, 15) is 4.79 Å². The fraction of sp³-hybridized carbons (Fsp3) is 0.464. The van der Waals surface area contributed by atoms with Crippen LogP contribution in [-0.2, 0) is 11.3 Å². The van der Waals surface area contributed by atoms with E-state index in [4.69, 9.17) is 14.7 Å². The SMILES string of the molecule is CCCCOc1ccc(C2=NC3(CCCCC3)N=C2SCC(=O)NCc2ccc(C)cc2)cc1. The van der Waals surface area contributed by atoms with Gasteiger partial charge in [0, 0.05) is 12.1 Å². The molecular weight excluding hydrogens is 442 g/mol. The number of aliphatic imine (C=N–C) groups is 2. The third-order valence-electron chi connectivity index (χ3n) is 6.33. The monoisotopic (exact) mass is 477 g/mol. The van der Waals surface area contributed by atoms with Crippen molar-refractivity contribution in [3.63, 3.8) is 0 Å². The quantitative estimate of drug-likeness (QED) is 0.445. The van der Waals surface area contributed by atoms with Gasteiger partial charge in [-0.1, -0.05) is 61.4 Å². The number of hydrogen-bond acceptors (Lipinski definition) is 5. The fourth-order valence-corrected chi connectivity index (χ4v) is 5.19. The molecule has 5 nitrogen and oxygen atoms in total. The topological polar surface area (TPSA) is 63.1 Å². The summed E-state index contributed by atoms with van der Waals surface area (Å²) in [7, 11) is 0. The first-order valence-electron chi connectivity index (χ1n) is 12.5. The molecular formula is C28H35N3O2S. The Morgan fingerprint density at radius 3 is 2.47 bits per heavy atom. The van der Waals surface area contributed by atoms with Gasteiger partial charge < -0.3 is 10.1 Å². The lowest BCUT2D eigenvalue weighted by atomic mass is 9.90. The summed E-state index contributed by atoms with van der Waals surface area (Å²) in [6.45, 7) is 5.50. The van der Waals surface area contributed by atoms with Crippen LogP contribution in [0, 0.1) is 6.92 Å². The van der Waals surface area contributed by atoms with Crippen LogP contribution in [0.1, 0.15) is 68.6 Å². The number of hydrogen-bond donors (Lipinski definition) is 1. The molecule has 1 aliphatic carbocycles. The van der Waals surface area contributed by atoms with Gasteiger partial charge in [-0.15, -0.1) is 0 Å². The molecule has 2 aromatic carbocycles. The number of amides is 1. The van der Waals surface area contributed by atoms with E-state index in [2.05, 4.69) is 55.6 Å². The number of benzene rings is 2. The maximum Gasteiger partial charge on any atom is 0.230 e. The first kappa shape index (κ1) is 24.5. The molecule has 34 heavy (non-hydrogen) atoms. The van der Waals surface area contributed by atoms with Gasteiger partial charge in [0.2, 0.25) is 5.91 Å². The van der Waals surface area contributed by atoms with Crippen molar-refractivity contribution in [3.05, 3.63) is 65.2 Å². The summed E-state index contributed by atoms with van der Waals surface area (Å²) < 4.78 is 5.82. The number of carbonyl (C=O) groups excluding carboxylic acids is 1. The lowest BCUT2D eigenvalue weighted by molar-refractivity contribution is -0.118. The summed E-state index contributed by atoms with van der Waals surface area (Å²) in [4.78, 5) is 22.8. The average molecular weight is 478 g/mol. The highest BCUT2D eigenvalue weighted by Crippen LogP contribution is 2.38. The Morgan fingerprint density at radius 1 is 1.03 bits per heavy atom. The average Bonchev–Trinajstić information content (AvgIpc) is 3.21. The third kappa shape index (κ3) is 6.50. The highest BCUT2D eigenvalue weighted by atomic mass is 32.2. The Bertz CT molecular complexity index is 1020. The van der Waals surface area contributed by atoms with Crippen molar-refractivity contribution in [3.8, 4) is 5.75 Å². The van der Waals surface area contributed by atoms with Gasteiger partial charge in [0.1, 0.15) is 10.8 Å². The van der Waals surface area contributed by atoms with E-state index in [0.29, 0.717) is 12.3 Å². The van der Waals surface area contributed by atoms with E-state index in [1.54, 1.807) is 0 Å². The van der Waals surface area contributed by atoms with Crippen LogP contribution >= 0.6 is 11.8 Å². The van der Waals surface area contributed by atoms with Crippen molar-refractivity contribution < 1.29 is 9.53 Å². The Balaban J connectivity index is 1.41. The van der Waals surface area contributed by atoms with Gasteiger partial charge in [-0.25, -0.2) is 4.99 Å². The molecule has 1 fully saturated rings. The fourth-order valence-electron chi connectivity index (χ4n) is 4.29. The highest BCUT2D eigenvalue weighted by Gasteiger charge is 2.37. The van der Waals surface area contributed by atoms with Crippen molar-refractivity contribution >= 4 is 28.4 Å². The van der Waals surface area contributed by atoms with E-state index >= 15 is 0 Å². The van der Waals surface area contributed by atoms with Crippen LogP contribution in [0.25, 0.3) is 0 Å². The summed E-state index contributed by atoms with van der Waals surface area (Å²) in [6, 6.07) is 16.4. The molecule has 1 spiro atoms. The Hall–Kier alpha value is -2.60. The molecule has 1 heterocycles. The number of rotatable bonds is 9. The largest absolute Gasteiger partial charge is 0.494 e. The number of carbonyl (C=O) groups is 1. The second-order valence-corrected chi connectivity index (χ2v) is 10.2. The van der Waals surface area contributed by atoms with Gasteiger partial charge in [0.05, 0.1) is 18.1 Å². The van der Waals surface area contributed by atoms with E-state index in [1.165, 1.54) is 23.7 Å². The van der Waals surface area contributed by atoms with E-state index < -0.39 is 0 Å². The molecule has 1 aliphatic heterocycles. The molecule has 0 aromatic heterocycles. The number of ether oxygens (including phenoxy) is 1. The molecule has 4 rings (SSSR count). The summed E-state index contributed by atoms with van der Waals surface area (Å²) in [5.74, 6) is 1.22. The minimum Gasteiger partial charge on any atom is -0.494 e. The van der Waals surface area contributed by atoms with Crippen LogP contribution in [0.15, 0.2) is 58.5 Å². The standard InChI is InChI=1S/C28H35N3O2S/c1-3-4-18-33-24-14-12-23(13-15-24)26-27(31-28(30-26)16-6-5-7-17-28)34-20-25(32)29-19-22-10-8-21(2)9-11-22/h8-15H,3-7,16-20H2,1-2H3,(H,29,32). The number of nitrogens with one attached hydrogen (secondary N) is 1. The molecule has 0 saturated heterocycles. The lowest BCUT2D eigenvalue weighted by Gasteiger charge is -2.27. The molecule has 0 unspecified atom stereocenters. The van der Waals surface area contributed by atoms with Crippen LogP contribution in [-0.4, -0.2) is 34.7 Å². The maximum atomic E-state index is 12.6. The Labute approximate surface area is 207 Å². The molecule has 1 N–H and O–H groups in total. The smallest absolute Gasteiger partial charge is 0.230 e. The first-order valence-corrected chi connectivity index (χ1v) is 13.4. The molecule has 2 aliphatic rings. The third-order valence-corrected chi connectivity index (χ3v) is 7.30. The maximum absolute atomic E-state index is 12.6. The van der Waals surface area contributed by atoms with Gasteiger partial charge in [-0.05, 0) is 68.9 Å². The Kier molecular flexibility index (Phi) is 8.44. The van der Waals surface area contributed by atoms with Gasteiger partial charge in [0.25, 0.3) is 0 Å². The van der Waals surface area contributed by atoms with Crippen molar-refractivity contribution in [1.29, 1.82) is 0 Å². The van der Waals surface area contributed by atoms with Gasteiger partial charge in [0.15, 0.2) is 5.66 Å². The summed E-state index contributed by atoms with van der Waals surface area (Å²) in [6.07, 6.45) is 7.69. The summed E-state index contributed by atoms with van der Waals surface area (Å²) in [5.41, 5.74) is 3.93. The summed E-state index contributed by atoms with van der Waals surface area (Å²) >= 11 is 1.50. The molecule has 2 aromatic rings. The lowest BCUT2D eigenvalue weighted by Crippen LogP contribution is -2.26. The second-order valence-electron chi connectivity index (χ2n) is 9.20. The molecule has 180 valence electrons. The molecule has 0 atom stereocenters. The van der Waals surface area contributed by atoms with Crippen LogP contribution in [0.2, 0.25) is 0 Å². The zero-order valence-corrected chi connectivity index (χ0v) is 21.1. The van der Waals surface area contributed by atoms with Gasteiger partial charge in [-0.2, -0.15) is 0 Å². The van der Waals surface area contributed by atoms with E-state index in [0.717, 1.165) is 72.8 Å². The second kappa shape index (κ2) is 11.7. The molecule has 1 amide bonds. The van der Waals surface area contributed by atoms with Crippen LogP contribution < -0.4 is 10.1 Å². The van der Waals surface area contributed by atoms with Gasteiger partial charge >= 0.3 is 0 Å². The number of thioether (sulfide) groups is 1. The zero-order valence-electron chi connectivity index (χ0n) is 20.3. The van der Waals surface area contributed by atoms with Gasteiger partial charge in [-0.3, -0.25) is 9.79 Å². The van der Waals surface area contributed by atoms with E-state index in [1.807, 2.05) is 12.1 Å². The highest BCUT2D eigenvalue weighted by molar-refractivity contribution is 8.16.